The van der Waals surface area contributed by atoms with Gasteiger partial charge in [0.05, 0.1) is 36.9 Å². The third-order valence-electron chi connectivity index (χ3n) is 10.5. The van der Waals surface area contributed by atoms with Crippen LogP contribution in [-0.4, -0.2) is 87.7 Å². The Kier molecular flexibility index (Phi) is 7.62. The summed E-state index contributed by atoms with van der Waals surface area (Å²) in [5.74, 6) is 1.20. The predicted molar refractivity (Wildman–Crippen MR) is 173 cm³/mol. The zero-order valence-electron chi connectivity index (χ0n) is 26.1. The van der Waals surface area contributed by atoms with Crippen molar-refractivity contribution < 1.29 is 28.5 Å². The number of aromatic hydroxyl groups is 1. The first-order valence-corrected chi connectivity index (χ1v) is 16.5. The summed E-state index contributed by atoms with van der Waals surface area (Å²) in [5, 5.41) is 22.1. The molecular weight excluding hydrogens is 604 g/mol. The van der Waals surface area contributed by atoms with E-state index in [-0.39, 0.29) is 58.1 Å². The molecular formula is C36H37F2N5O4. The van der Waals surface area contributed by atoms with Gasteiger partial charge in [-0.25, -0.2) is 8.78 Å². The quantitative estimate of drug-likeness (QED) is 0.276. The number of pyridine rings is 1. The molecule has 2 aromatic carbocycles. The van der Waals surface area contributed by atoms with Crippen LogP contribution in [0.15, 0.2) is 30.5 Å². The molecule has 0 spiro atoms. The highest BCUT2D eigenvalue weighted by Crippen LogP contribution is 2.51. The predicted octanol–water partition coefficient (Wildman–Crippen LogP) is 5.18. The second-order valence-electron chi connectivity index (χ2n) is 13.5. The summed E-state index contributed by atoms with van der Waals surface area (Å²) in [6.45, 7) is 2.72. The number of hydrogen-bond acceptors (Lipinski definition) is 9. The number of phenolic OH excluding ortho intramolecular Hbond substituents is 1. The van der Waals surface area contributed by atoms with Crippen molar-refractivity contribution in [3.8, 4) is 35.4 Å². The van der Waals surface area contributed by atoms with Gasteiger partial charge in [-0.15, -0.1) is 6.42 Å². The number of phenols is 1. The van der Waals surface area contributed by atoms with Gasteiger partial charge in [0.15, 0.2) is 5.82 Å². The summed E-state index contributed by atoms with van der Waals surface area (Å²) in [4.78, 5) is 18.4. The summed E-state index contributed by atoms with van der Waals surface area (Å²) in [5.41, 5.74) is -0.0963. The van der Waals surface area contributed by atoms with Crippen molar-refractivity contribution in [3.63, 3.8) is 0 Å². The number of anilines is 1. The number of piperidine rings is 1. The number of benzene rings is 2. The van der Waals surface area contributed by atoms with Gasteiger partial charge in [-0.1, -0.05) is 18.4 Å². The number of likely N-dealkylation sites (tertiary alicyclic amines) is 1. The van der Waals surface area contributed by atoms with E-state index in [4.69, 9.17) is 20.9 Å². The van der Waals surface area contributed by atoms with Crippen LogP contribution >= 0.6 is 0 Å². The van der Waals surface area contributed by atoms with Crippen LogP contribution in [0.5, 0.6) is 11.8 Å². The summed E-state index contributed by atoms with van der Waals surface area (Å²) in [6.07, 6.45) is 14.5. The lowest BCUT2D eigenvalue weighted by Gasteiger charge is -2.46. The maximum absolute atomic E-state index is 16.9. The highest BCUT2D eigenvalue weighted by molar-refractivity contribution is 6.03. The Morgan fingerprint density at radius 1 is 1.11 bits per heavy atom. The summed E-state index contributed by atoms with van der Waals surface area (Å²) in [7, 11) is 0. The van der Waals surface area contributed by atoms with E-state index >= 15 is 4.39 Å². The molecule has 2 N–H and O–H groups in total. The van der Waals surface area contributed by atoms with Crippen molar-refractivity contribution >= 4 is 27.5 Å². The third-order valence-corrected chi connectivity index (χ3v) is 10.5. The fourth-order valence-corrected chi connectivity index (χ4v) is 8.24. The molecule has 8 rings (SSSR count). The number of rotatable bonds is 6. The van der Waals surface area contributed by atoms with Crippen molar-refractivity contribution in [1.82, 2.24) is 19.9 Å². The Hall–Kier alpha value is -4.11. The molecule has 9 nitrogen and oxygen atoms in total. The van der Waals surface area contributed by atoms with Gasteiger partial charge in [0.25, 0.3) is 0 Å². The highest BCUT2D eigenvalue weighted by atomic mass is 19.1. The molecule has 0 amide bonds. The van der Waals surface area contributed by atoms with Crippen LogP contribution in [0, 0.1) is 29.4 Å². The maximum atomic E-state index is 16.9. The Morgan fingerprint density at radius 3 is 2.79 bits per heavy atom. The second-order valence-corrected chi connectivity index (χ2v) is 13.5. The van der Waals surface area contributed by atoms with Gasteiger partial charge in [-0.2, -0.15) is 9.97 Å². The van der Waals surface area contributed by atoms with Crippen molar-refractivity contribution in [2.75, 3.05) is 44.4 Å². The molecule has 3 unspecified atom stereocenters. The van der Waals surface area contributed by atoms with Crippen molar-refractivity contribution in [1.29, 1.82) is 0 Å². The van der Waals surface area contributed by atoms with Gasteiger partial charge in [0.1, 0.15) is 28.6 Å². The summed E-state index contributed by atoms with van der Waals surface area (Å²) < 4.78 is 43.7. The van der Waals surface area contributed by atoms with E-state index < -0.39 is 17.7 Å². The molecule has 0 radical (unpaired) electrons. The van der Waals surface area contributed by atoms with E-state index in [1.54, 1.807) is 0 Å². The minimum atomic E-state index is -0.781. The monoisotopic (exact) mass is 641 g/mol. The molecule has 4 aromatic rings. The molecule has 4 aliphatic rings. The number of aliphatic hydroxyl groups excluding tert-OH is 1. The maximum Gasteiger partial charge on any atom is 0.319 e. The Labute approximate surface area is 271 Å². The van der Waals surface area contributed by atoms with Gasteiger partial charge >= 0.3 is 6.01 Å². The number of ether oxygens (including phenoxy) is 2. The molecule has 2 saturated carbocycles. The summed E-state index contributed by atoms with van der Waals surface area (Å²) >= 11 is 0. The van der Waals surface area contributed by atoms with Crippen molar-refractivity contribution in [2.45, 2.75) is 63.1 Å². The third kappa shape index (κ3) is 5.32. The van der Waals surface area contributed by atoms with Crippen LogP contribution in [0.4, 0.5) is 14.6 Å². The molecule has 4 fully saturated rings. The molecule has 2 aliphatic heterocycles. The van der Waals surface area contributed by atoms with Crippen molar-refractivity contribution in [2.24, 2.45) is 5.41 Å². The largest absolute Gasteiger partial charge is 0.508 e. The number of β-amino-alcohol motifs (C(OH)–C–C–N with tert-alkyl or cyclic N) is 1. The van der Waals surface area contributed by atoms with Crippen LogP contribution in [0.25, 0.3) is 32.9 Å². The number of halogens is 2. The van der Waals surface area contributed by atoms with E-state index in [9.17, 15) is 14.6 Å². The molecule has 3 atom stereocenters. The molecule has 2 aliphatic carbocycles. The first-order chi connectivity index (χ1) is 22.8. The molecule has 11 heteroatoms. The first kappa shape index (κ1) is 30.2. The number of aromatic nitrogens is 3. The lowest BCUT2D eigenvalue weighted by atomic mass is 9.75. The molecule has 2 saturated heterocycles. The molecule has 4 heterocycles. The zero-order valence-corrected chi connectivity index (χ0v) is 26.1. The second kappa shape index (κ2) is 11.8. The van der Waals surface area contributed by atoms with Crippen LogP contribution in [-0.2, 0) is 4.74 Å². The average Bonchev–Trinajstić information content (AvgIpc) is 3.86. The van der Waals surface area contributed by atoms with Gasteiger partial charge in [0.2, 0.25) is 0 Å². The zero-order chi connectivity index (χ0) is 32.3. The fourth-order valence-electron chi connectivity index (χ4n) is 8.24. The van der Waals surface area contributed by atoms with E-state index in [0.29, 0.717) is 48.4 Å². The van der Waals surface area contributed by atoms with Gasteiger partial charge in [-0.3, -0.25) is 9.88 Å². The fraction of sp³-hybridized carbons (Fsp3) is 0.472. The standard InChI is InChI=1S/C36H37F2N5O4/c1-2-25-28(37)9-6-21-15-23(44)16-26(30(21)25)32-31(38)33-27(17-39-32)34(42-13-14-46-19-24(45)18-42)41-35(40-33)47-20-36-10-3-5-29(36)43(12-4-11-36)22-7-8-22/h1,6,9,15-17,22,24,29,44-45H,3-5,7-8,10-14,18-20H2. The SMILES string of the molecule is C#Cc1c(F)ccc2cc(O)cc(-c3ncc4c(N5CCOCC(O)C5)nc(OCC56CCCC5N(C5CC5)CCC6)nc4c3F)c12. The first-order valence-electron chi connectivity index (χ1n) is 16.5. The minimum absolute atomic E-state index is 0.00984. The van der Waals surface area contributed by atoms with Gasteiger partial charge < -0.3 is 24.6 Å². The lowest BCUT2D eigenvalue weighted by Crippen LogP contribution is -2.52. The van der Waals surface area contributed by atoms with E-state index in [2.05, 4.69) is 20.8 Å². The van der Waals surface area contributed by atoms with Crippen molar-refractivity contribution in [3.05, 3.63) is 47.7 Å². The lowest BCUT2D eigenvalue weighted by molar-refractivity contribution is -0.00466. The smallest absolute Gasteiger partial charge is 0.319 e. The molecule has 2 aromatic heterocycles. The minimum Gasteiger partial charge on any atom is -0.508 e. The van der Waals surface area contributed by atoms with Gasteiger partial charge in [-0.05, 0) is 68.7 Å². The highest BCUT2D eigenvalue weighted by Gasteiger charge is 2.51. The molecule has 0 bridgehead atoms. The van der Waals surface area contributed by atoms with E-state index in [1.165, 1.54) is 43.3 Å². The molecule has 244 valence electrons. The normalized spacial score (nSPS) is 25.1. The number of hydrogen-bond donors (Lipinski definition) is 2. The van der Waals surface area contributed by atoms with Crippen LogP contribution in [0.2, 0.25) is 0 Å². The number of fused-ring (bicyclic) bond motifs is 3. The Balaban J connectivity index is 1.25. The number of aliphatic hydroxyl groups is 1. The number of terminal acetylenes is 1. The van der Waals surface area contributed by atoms with Crippen LogP contribution in [0.3, 0.4) is 0 Å². The van der Waals surface area contributed by atoms with Crippen LogP contribution in [0.1, 0.15) is 50.5 Å². The summed E-state index contributed by atoms with van der Waals surface area (Å²) in [6, 6.07) is 6.66. The topological polar surface area (TPSA) is 104 Å². The average molecular weight is 642 g/mol. The van der Waals surface area contributed by atoms with Gasteiger partial charge in [0, 0.05) is 47.7 Å². The Morgan fingerprint density at radius 2 is 1.96 bits per heavy atom. The molecule has 47 heavy (non-hydrogen) atoms. The van der Waals surface area contributed by atoms with Crippen LogP contribution < -0.4 is 9.64 Å². The number of nitrogens with zero attached hydrogens (tertiary/aromatic N) is 5. The Bertz CT molecular complexity index is 1910. The van der Waals surface area contributed by atoms with E-state index in [0.717, 1.165) is 38.6 Å². The van der Waals surface area contributed by atoms with E-state index in [1.807, 2.05) is 4.90 Å².